The Labute approximate surface area is 105 Å². The van der Waals surface area contributed by atoms with E-state index in [9.17, 15) is 4.79 Å². The number of rotatable bonds is 4. The molecule has 2 fully saturated rings. The van der Waals surface area contributed by atoms with Crippen molar-refractivity contribution in [1.82, 2.24) is 4.90 Å². The molecule has 2 rings (SSSR count). The van der Waals surface area contributed by atoms with Crippen LogP contribution in [0.2, 0.25) is 0 Å². The number of carbonyl (C=O) groups excluding carboxylic acids is 1. The van der Waals surface area contributed by atoms with E-state index in [-0.39, 0.29) is 12.1 Å². The molecule has 98 valence electrons. The van der Waals surface area contributed by atoms with Crippen LogP contribution in [0.4, 0.5) is 0 Å². The van der Waals surface area contributed by atoms with Crippen LogP contribution in [0.25, 0.3) is 0 Å². The van der Waals surface area contributed by atoms with Crippen LogP contribution in [-0.4, -0.2) is 36.1 Å². The lowest BCUT2D eigenvalue weighted by Crippen LogP contribution is -2.51. The highest BCUT2D eigenvalue weighted by atomic mass is 16.5. The minimum absolute atomic E-state index is 0.0178. The molecule has 17 heavy (non-hydrogen) atoms. The summed E-state index contributed by atoms with van der Waals surface area (Å²) in [5, 5.41) is 0. The van der Waals surface area contributed by atoms with Crippen molar-refractivity contribution in [3.63, 3.8) is 0 Å². The smallest absolute Gasteiger partial charge is 0.306 e. The van der Waals surface area contributed by atoms with Gasteiger partial charge >= 0.3 is 5.97 Å². The highest BCUT2D eigenvalue weighted by Crippen LogP contribution is 2.28. The number of fused-ring (bicyclic) bond motifs is 1. The van der Waals surface area contributed by atoms with Crippen molar-refractivity contribution in [1.29, 1.82) is 0 Å². The highest BCUT2D eigenvalue weighted by Gasteiger charge is 2.35. The number of piperidine rings is 2. The van der Waals surface area contributed by atoms with Crippen molar-refractivity contribution in [2.24, 2.45) is 0 Å². The molecule has 0 unspecified atom stereocenters. The molecule has 3 heteroatoms. The summed E-state index contributed by atoms with van der Waals surface area (Å²) in [6.07, 6.45) is 8.87. The lowest BCUT2D eigenvalue weighted by molar-refractivity contribution is -0.156. The summed E-state index contributed by atoms with van der Waals surface area (Å²) < 4.78 is 5.68. The molecule has 2 heterocycles. The minimum atomic E-state index is 0.0178. The molecule has 0 radical (unpaired) electrons. The van der Waals surface area contributed by atoms with Gasteiger partial charge in [0.05, 0.1) is 0 Å². The van der Waals surface area contributed by atoms with E-state index < -0.39 is 0 Å². The van der Waals surface area contributed by atoms with Crippen molar-refractivity contribution in [2.45, 2.75) is 70.4 Å². The predicted octanol–water partition coefficient (Wildman–Crippen LogP) is 2.74. The van der Waals surface area contributed by atoms with E-state index in [2.05, 4.69) is 11.8 Å². The van der Waals surface area contributed by atoms with Crippen LogP contribution in [0.3, 0.4) is 0 Å². The molecule has 2 aliphatic heterocycles. The van der Waals surface area contributed by atoms with E-state index in [0.29, 0.717) is 12.5 Å². The Kier molecular flexibility index (Phi) is 4.84. The standard InChI is InChI=1S/C14H25NO2/c1-2-3-9-14(16)17-13-8-6-11-15-10-5-4-7-12(13)15/h12-13H,2-11H2,1H3/t12-,13-/m0/s1. The Morgan fingerprint density at radius 1 is 1.24 bits per heavy atom. The molecule has 0 aromatic rings. The molecule has 2 atom stereocenters. The summed E-state index contributed by atoms with van der Waals surface area (Å²) in [6.45, 7) is 4.51. The fraction of sp³-hybridized carbons (Fsp3) is 0.929. The van der Waals surface area contributed by atoms with Crippen molar-refractivity contribution in [3.8, 4) is 0 Å². The van der Waals surface area contributed by atoms with E-state index in [4.69, 9.17) is 4.74 Å². The van der Waals surface area contributed by atoms with Gasteiger partial charge in [-0.1, -0.05) is 19.8 Å². The second kappa shape index (κ2) is 6.39. The molecular formula is C14H25NO2. The average molecular weight is 239 g/mol. The molecule has 0 amide bonds. The van der Waals surface area contributed by atoms with Crippen LogP contribution in [0.1, 0.15) is 58.3 Å². The van der Waals surface area contributed by atoms with Crippen molar-refractivity contribution < 1.29 is 9.53 Å². The third-order valence-corrected chi connectivity index (χ3v) is 4.04. The number of unbranched alkanes of at least 4 members (excludes halogenated alkanes) is 1. The van der Waals surface area contributed by atoms with E-state index >= 15 is 0 Å². The number of nitrogens with zero attached hydrogens (tertiary/aromatic N) is 1. The van der Waals surface area contributed by atoms with Crippen LogP contribution < -0.4 is 0 Å². The van der Waals surface area contributed by atoms with Gasteiger partial charge in [0.2, 0.25) is 0 Å². The summed E-state index contributed by atoms with van der Waals surface area (Å²) in [6, 6.07) is 0.517. The zero-order valence-electron chi connectivity index (χ0n) is 11.0. The number of hydrogen-bond acceptors (Lipinski definition) is 3. The average Bonchev–Trinajstić information content (AvgIpc) is 2.37. The van der Waals surface area contributed by atoms with Crippen LogP contribution >= 0.6 is 0 Å². The van der Waals surface area contributed by atoms with Crippen LogP contribution in [0, 0.1) is 0 Å². The van der Waals surface area contributed by atoms with Crippen molar-refractivity contribution in [3.05, 3.63) is 0 Å². The van der Waals surface area contributed by atoms with E-state index in [1.807, 2.05) is 0 Å². The van der Waals surface area contributed by atoms with Crippen molar-refractivity contribution >= 4 is 5.97 Å². The van der Waals surface area contributed by atoms with Gasteiger partial charge in [-0.2, -0.15) is 0 Å². The topological polar surface area (TPSA) is 29.5 Å². The molecular weight excluding hydrogens is 214 g/mol. The van der Waals surface area contributed by atoms with Crippen LogP contribution in [-0.2, 0) is 9.53 Å². The molecule has 3 nitrogen and oxygen atoms in total. The number of hydrogen-bond donors (Lipinski definition) is 0. The summed E-state index contributed by atoms with van der Waals surface area (Å²) >= 11 is 0. The molecule has 0 saturated carbocycles. The molecule has 0 aliphatic carbocycles. The Morgan fingerprint density at radius 3 is 2.88 bits per heavy atom. The normalized spacial score (nSPS) is 29.7. The van der Waals surface area contributed by atoms with Crippen molar-refractivity contribution in [2.75, 3.05) is 13.1 Å². The van der Waals surface area contributed by atoms with Gasteiger partial charge in [-0.05, 0) is 45.2 Å². The predicted molar refractivity (Wildman–Crippen MR) is 67.9 cm³/mol. The van der Waals surface area contributed by atoms with Gasteiger partial charge in [0.15, 0.2) is 0 Å². The Bertz CT molecular complexity index is 253. The minimum Gasteiger partial charge on any atom is -0.461 e. The lowest BCUT2D eigenvalue weighted by atomic mass is 9.90. The Hall–Kier alpha value is -0.570. The summed E-state index contributed by atoms with van der Waals surface area (Å²) in [5.41, 5.74) is 0. The quantitative estimate of drug-likeness (QED) is 0.706. The van der Waals surface area contributed by atoms with Gasteiger partial charge in [0.1, 0.15) is 6.10 Å². The fourth-order valence-corrected chi connectivity index (χ4v) is 3.09. The first kappa shape index (κ1) is 12.9. The Morgan fingerprint density at radius 2 is 2.06 bits per heavy atom. The molecule has 0 aromatic carbocycles. The highest BCUT2D eigenvalue weighted by molar-refractivity contribution is 5.69. The lowest BCUT2D eigenvalue weighted by Gasteiger charge is -2.43. The van der Waals surface area contributed by atoms with Crippen LogP contribution in [0.5, 0.6) is 0 Å². The third kappa shape index (κ3) is 3.44. The first-order valence-corrected chi connectivity index (χ1v) is 7.25. The third-order valence-electron chi connectivity index (χ3n) is 4.04. The summed E-state index contributed by atoms with van der Waals surface area (Å²) in [5.74, 6) is 0.0178. The zero-order valence-corrected chi connectivity index (χ0v) is 11.0. The molecule has 2 saturated heterocycles. The van der Waals surface area contributed by atoms with Gasteiger partial charge < -0.3 is 4.74 Å². The maximum absolute atomic E-state index is 11.7. The molecule has 2 aliphatic rings. The first-order chi connectivity index (χ1) is 8.31. The number of esters is 1. The van der Waals surface area contributed by atoms with E-state index in [0.717, 1.165) is 19.3 Å². The second-order valence-electron chi connectivity index (χ2n) is 5.37. The molecule has 0 bridgehead atoms. The molecule has 0 aromatic heterocycles. The monoisotopic (exact) mass is 239 g/mol. The fourth-order valence-electron chi connectivity index (χ4n) is 3.09. The van der Waals surface area contributed by atoms with E-state index in [1.54, 1.807) is 0 Å². The van der Waals surface area contributed by atoms with Gasteiger partial charge in [-0.3, -0.25) is 9.69 Å². The number of ether oxygens (including phenoxy) is 1. The zero-order chi connectivity index (χ0) is 12.1. The maximum Gasteiger partial charge on any atom is 0.306 e. The maximum atomic E-state index is 11.7. The van der Waals surface area contributed by atoms with Crippen LogP contribution in [0.15, 0.2) is 0 Å². The van der Waals surface area contributed by atoms with Gasteiger partial charge in [-0.25, -0.2) is 0 Å². The van der Waals surface area contributed by atoms with Gasteiger partial charge in [-0.15, -0.1) is 0 Å². The summed E-state index contributed by atoms with van der Waals surface area (Å²) in [7, 11) is 0. The van der Waals surface area contributed by atoms with Gasteiger partial charge in [0, 0.05) is 12.5 Å². The second-order valence-corrected chi connectivity index (χ2v) is 5.37. The largest absolute Gasteiger partial charge is 0.461 e. The Balaban J connectivity index is 1.83. The summed E-state index contributed by atoms with van der Waals surface area (Å²) in [4.78, 5) is 14.2. The SMILES string of the molecule is CCCCC(=O)O[C@H]1CCCN2CCCC[C@@H]12. The first-order valence-electron chi connectivity index (χ1n) is 7.25. The molecule has 0 N–H and O–H groups in total. The van der Waals surface area contributed by atoms with E-state index in [1.165, 1.54) is 38.8 Å². The molecule has 0 spiro atoms. The van der Waals surface area contributed by atoms with Gasteiger partial charge in [0.25, 0.3) is 0 Å². The number of carbonyl (C=O) groups is 1.